The first kappa shape index (κ1) is 27.8. The van der Waals surface area contributed by atoms with Gasteiger partial charge in [0.2, 0.25) is 0 Å². The number of piperidine rings is 1. The van der Waals surface area contributed by atoms with Crippen molar-refractivity contribution >= 4 is 40.6 Å². The fourth-order valence-corrected chi connectivity index (χ4v) is 5.34. The minimum Gasteiger partial charge on any atom is -0.317 e. The summed E-state index contributed by atoms with van der Waals surface area (Å²) in [5.41, 5.74) is 3.05. The number of nitrogens with zero attached hydrogens (tertiary/aromatic N) is 2. The van der Waals surface area contributed by atoms with Gasteiger partial charge in [0.1, 0.15) is 12.2 Å². The summed E-state index contributed by atoms with van der Waals surface area (Å²) in [7, 11) is 1.41. The van der Waals surface area contributed by atoms with Gasteiger partial charge in [-0.25, -0.2) is 14.1 Å². The third-order valence-corrected chi connectivity index (χ3v) is 7.65. The van der Waals surface area contributed by atoms with Gasteiger partial charge < -0.3 is 10.6 Å². The Morgan fingerprint density at radius 1 is 1.00 bits per heavy atom. The summed E-state index contributed by atoms with van der Waals surface area (Å²) < 4.78 is 0.228. The monoisotopic (exact) mass is 535 g/mol. The number of quaternary nitrogens is 1. The molecule has 1 saturated heterocycles. The number of para-hydroxylation sites is 1. The van der Waals surface area contributed by atoms with Gasteiger partial charge in [-0.15, -0.1) is 0 Å². The fraction of sp³-hybridized carbons (Fsp3) is 0.333. The van der Waals surface area contributed by atoms with Crippen molar-refractivity contribution in [3.05, 3.63) is 89.4 Å². The van der Waals surface area contributed by atoms with Crippen molar-refractivity contribution in [2.24, 2.45) is 5.92 Å². The average Bonchev–Trinajstić information content (AvgIpc) is 2.94. The van der Waals surface area contributed by atoms with Crippen LogP contribution in [0.2, 0.25) is 5.02 Å². The van der Waals surface area contributed by atoms with Crippen LogP contribution in [0.3, 0.4) is 0 Å². The summed E-state index contributed by atoms with van der Waals surface area (Å²) in [5.74, 6) is 0.705. The molecule has 0 saturated carbocycles. The van der Waals surface area contributed by atoms with Crippen molar-refractivity contribution in [1.82, 2.24) is 9.80 Å². The second-order valence-corrected chi connectivity index (χ2v) is 10.1. The smallest absolute Gasteiger partial charge is 0.317 e. The first-order chi connectivity index (χ1) is 18.4. The predicted octanol–water partition coefficient (Wildman–Crippen LogP) is 6.38. The summed E-state index contributed by atoms with van der Waals surface area (Å²) >= 11 is 6.26. The first-order valence-corrected chi connectivity index (χ1v) is 13.4. The molecule has 1 unspecified atom stereocenters. The molecule has 200 valence electrons. The van der Waals surface area contributed by atoms with Crippen molar-refractivity contribution < 1.29 is 14.4 Å². The Labute approximate surface area is 229 Å². The number of hydroxylamine groups is 1. The number of nitrogens with one attached hydrogen (secondary N) is 2. The van der Waals surface area contributed by atoms with E-state index in [0.29, 0.717) is 28.9 Å². The predicted molar refractivity (Wildman–Crippen MR) is 154 cm³/mol. The quantitative estimate of drug-likeness (QED) is 0.246. The van der Waals surface area contributed by atoms with Gasteiger partial charge in [-0.2, -0.15) is 5.06 Å². The molecule has 1 aliphatic heterocycles. The minimum atomic E-state index is -0.476. The maximum Gasteiger partial charge on any atom is 0.350 e. The van der Waals surface area contributed by atoms with Crippen LogP contribution < -0.4 is 20.2 Å². The van der Waals surface area contributed by atoms with Gasteiger partial charge in [-0.05, 0) is 56.1 Å². The number of rotatable bonds is 9. The highest BCUT2D eigenvalue weighted by molar-refractivity contribution is 6.33. The second-order valence-electron chi connectivity index (χ2n) is 9.74. The first-order valence-electron chi connectivity index (χ1n) is 13.1. The largest absolute Gasteiger partial charge is 0.350 e. The molecule has 7 nitrogen and oxygen atoms in total. The van der Waals surface area contributed by atoms with Gasteiger partial charge in [0.15, 0.2) is 0 Å². The Bertz CT molecular complexity index is 1220. The lowest BCUT2D eigenvalue weighted by Crippen LogP contribution is -2.53. The second kappa shape index (κ2) is 13.0. The molecule has 0 spiro atoms. The molecule has 38 heavy (non-hydrogen) atoms. The molecule has 0 radical (unpaired) electrons. The maximum absolute atomic E-state index is 13.4. The van der Waals surface area contributed by atoms with Crippen LogP contribution in [-0.4, -0.2) is 38.7 Å². The van der Waals surface area contributed by atoms with Crippen LogP contribution in [0.15, 0.2) is 78.9 Å². The van der Waals surface area contributed by atoms with Gasteiger partial charge in [-0.3, -0.25) is 4.84 Å². The molecular formula is C30H36ClN4O3+. The number of urea groups is 1. The van der Waals surface area contributed by atoms with E-state index >= 15 is 0 Å². The van der Waals surface area contributed by atoms with E-state index < -0.39 is 6.03 Å². The van der Waals surface area contributed by atoms with Gasteiger partial charge in [-0.1, -0.05) is 54.1 Å². The van der Waals surface area contributed by atoms with Crippen LogP contribution in [0.1, 0.15) is 31.7 Å². The SMILES string of the molecule is CON(C(=O)Nc1ccc([N+](CCC2CCNCC2)(Cc2ccccc2)C(C)=O)cc1)c1ccccc1Cl. The number of amides is 3. The number of benzene rings is 3. The van der Waals surface area contributed by atoms with Crippen LogP contribution in [0, 0.1) is 5.92 Å². The molecule has 2 N–H and O–H groups in total. The molecule has 0 bridgehead atoms. The van der Waals surface area contributed by atoms with Gasteiger partial charge in [0.25, 0.3) is 0 Å². The molecule has 4 rings (SSSR count). The van der Waals surface area contributed by atoms with E-state index in [1.165, 1.54) is 7.11 Å². The molecule has 0 aromatic heterocycles. The van der Waals surface area contributed by atoms with Crippen molar-refractivity contribution in [2.75, 3.05) is 37.1 Å². The number of anilines is 2. The Morgan fingerprint density at radius 3 is 2.29 bits per heavy atom. The maximum atomic E-state index is 13.4. The van der Waals surface area contributed by atoms with E-state index in [4.69, 9.17) is 16.4 Å². The molecule has 0 aliphatic carbocycles. The van der Waals surface area contributed by atoms with Crippen molar-refractivity contribution in [3.8, 4) is 0 Å². The molecule has 1 heterocycles. The average molecular weight is 536 g/mol. The zero-order valence-electron chi connectivity index (χ0n) is 22.0. The minimum absolute atomic E-state index is 0.101. The zero-order chi connectivity index (χ0) is 27.0. The lowest BCUT2D eigenvalue weighted by Gasteiger charge is -2.36. The van der Waals surface area contributed by atoms with E-state index in [-0.39, 0.29) is 10.4 Å². The lowest BCUT2D eigenvalue weighted by atomic mass is 9.93. The lowest BCUT2D eigenvalue weighted by molar-refractivity contribution is -0.128. The summed E-state index contributed by atoms with van der Waals surface area (Å²) in [6.07, 6.45) is 3.25. The Morgan fingerprint density at radius 2 is 1.66 bits per heavy atom. The molecule has 3 amide bonds. The van der Waals surface area contributed by atoms with Crippen molar-refractivity contribution in [2.45, 2.75) is 32.7 Å². The van der Waals surface area contributed by atoms with Crippen molar-refractivity contribution in [1.29, 1.82) is 0 Å². The summed E-state index contributed by atoms with van der Waals surface area (Å²) in [6.45, 7) is 5.05. The molecular weight excluding hydrogens is 500 g/mol. The Balaban J connectivity index is 1.57. The third-order valence-electron chi connectivity index (χ3n) is 7.33. The van der Waals surface area contributed by atoms with Crippen LogP contribution in [0.5, 0.6) is 0 Å². The van der Waals surface area contributed by atoms with E-state index in [1.807, 2.05) is 42.5 Å². The Kier molecular flexibility index (Phi) is 9.53. The molecule has 1 atom stereocenters. The fourth-order valence-electron chi connectivity index (χ4n) is 5.13. The van der Waals surface area contributed by atoms with E-state index in [9.17, 15) is 9.59 Å². The number of hydrogen-bond donors (Lipinski definition) is 2. The highest BCUT2D eigenvalue weighted by Gasteiger charge is 2.37. The Hall–Kier alpha value is -3.23. The van der Waals surface area contributed by atoms with Gasteiger partial charge in [0, 0.05) is 29.8 Å². The topological polar surface area (TPSA) is 70.7 Å². The zero-order valence-corrected chi connectivity index (χ0v) is 22.8. The van der Waals surface area contributed by atoms with Crippen LogP contribution in [-0.2, 0) is 16.2 Å². The number of halogens is 1. The van der Waals surface area contributed by atoms with E-state index in [1.54, 1.807) is 31.2 Å². The van der Waals surface area contributed by atoms with Gasteiger partial charge in [0.05, 0.1) is 31.3 Å². The number of carbonyl (C=O) groups excluding carboxylic acids is 2. The normalized spacial score (nSPS) is 15.4. The van der Waals surface area contributed by atoms with E-state index in [2.05, 4.69) is 22.8 Å². The highest BCUT2D eigenvalue weighted by atomic mass is 35.5. The summed E-state index contributed by atoms with van der Waals surface area (Å²) in [5, 5.41) is 7.80. The molecule has 1 fully saturated rings. The molecule has 3 aromatic rings. The van der Waals surface area contributed by atoms with Crippen LogP contribution in [0.4, 0.5) is 21.9 Å². The van der Waals surface area contributed by atoms with E-state index in [0.717, 1.165) is 55.2 Å². The van der Waals surface area contributed by atoms with Crippen LogP contribution in [0.25, 0.3) is 0 Å². The summed E-state index contributed by atoms with van der Waals surface area (Å²) in [4.78, 5) is 31.7. The molecule has 1 aliphatic rings. The number of hydrogen-bond acceptors (Lipinski definition) is 4. The van der Waals surface area contributed by atoms with Crippen LogP contribution >= 0.6 is 11.6 Å². The third kappa shape index (κ3) is 6.60. The summed E-state index contributed by atoms with van der Waals surface area (Å²) in [6, 6.07) is 24.2. The standard InChI is InChI=1S/C30H35ClN4O3/c1-23(36)35(22-25-8-4-3-5-9-25,21-18-24-16-19-32-20-17-24)27-14-12-26(13-15-27)33-30(37)34(38-2)29-11-7-6-10-28(29)31/h3-15,24,32H,16-22H2,1-2H3/p+1. The van der Waals surface area contributed by atoms with Crippen molar-refractivity contribution in [3.63, 3.8) is 0 Å². The highest BCUT2D eigenvalue weighted by Crippen LogP contribution is 2.32. The molecule has 8 heteroatoms. The number of carbonyl (C=O) groups is 2. The molecule has 3 aromatic carbocycles. The van der Waals surface area contributed by atoms with Gasteiger partial charge >= 0.3 is 11.9 Å².